The van der Waals surface area contributed by atoms with Gasteiger partial charge in [-0.05, 0) is 36.8 Å². The fourth-order valence-corrected chi connectivity index (χ4v) is 3.87. The molecule has 138 valence electrons. The zero-order valence-corrected chi connectivity index (χ0v) is 16.8. The van der Waals surface area contributed by atoms with Gasteiger partial charge in [-0.1, -0.05) is 39.8 Å². The van der Waals surface area contributed by atoms with Gasteiger partial charge in [0.05, 0.1) is 22.9 Å². The highest BCUT2D eigenvalue weighted by atomic mass is 79.9. The van der Waals surface area contributed by atoms with Crippen LogP contribution in [0.5, 0.6) is 0 Å². The van der Waals surface area contributed by atoms with Crippen LogP contribution in [0.4, 0.5) is 0 Å². The van der Waals surface area contributed by atoms with Crippen LogP contribution in [0.15, 0.2) is 60.0 Å². The van der Waals surface area contributed by atoms with E-state index in [0.717, 1.165) is 10.9 Å². The number of aromatic nitrogens is 4. The van der Waals surface area contributed by atoms with Crippen LogP contribution in [-0.2, 0) is 12.3 Å². The summed E-state index contributed by atoms with van der Waals surface area (Å²) in [4.78, 5) is 21.9. The van der Waals surface area contributed by atoms with E-state index in [0.29, 0.717) is 45.8 Å². The standard InChI is InChI=1S/C18H15BrN4O3S/c1-2-7-23-17(24)12-9-11(19)5-6-13(12)20-18(23)27-10-15-21-16(22-26-15)14-4-3-8-25-14/h3-6,8-9H,2,7,10H2,1H3. The minimum atomic E-state index is -0.0487. The monoisotopic (exact) mass is 446 g/mol. The Morgan fingerprint density at radius 1 is 1.26 bits per heavy atom. The van der Waals surface area contributed by atoms with Gasteiger partial charge in [-0.2, -0.15) is 4.98 Å². The Morgan fingerprint density at radius 3 is 2.93 bits per heavy atom. The topological polar surface area (TPSA) is 86.9 Å². The molecule has 0 aliphatic carbocycles. The van der Waals surface area contributed by atoms with Crippen molar-refractivity contribution in [3.8, 4) is 11.6 Å². The smallest absolute Gasteiger partial charge is 0.262 e. The van der Waals surface area contributed by atoms with Crippen LogP contribution in [0.25, 0.3) is 22.5 Å². The summed E-state index contributed by atoms with van der Waals surface area (Å²) in [7, 11) is 0. The third-order valence-corrected chi connectivity index (χ3v) is 5.32. The van der Waals surface area contributed by atoms with E-state index in [9.17, 15) is 4.79 Å². The van der Waals surface area contributed by atoms with Crippen molar-refractivity contribution in [1.82, 2.24) is 19.7 Å². The van der Waals surface area contributed by atoms with Gasteiger partial charge < -0.3 is 8.94 Å². The van der Waals surface area contributed by atoms with E-state index in [2.05, 4.69) is 31.1 Å². The first kappa shape index (κ1) is 18.0. The lowest BCUT2D eigenvalue weighted by molar-refractivity contribution is 0.390. The van der Waals surface area contributed by atoms with Crippen LogP contribution >= 0.6 is 27.7 Å². The highest BCUT2D eigenvalue weighted by Gasteiger charge is 2.15. The van der Waals surface area contributed by atoms with Gasteiger partial charge in [0.25, 0.3) is 5.56 Å². The molecule has 0 radical (unpaired) electrons. The molecule has 0 saturated heterocycles. The van der Waals surface area contributed by atoms with Crippen molar-refractivity contribution >= 4 is 38.6 Å². The minimum absolute atomic E-state index is 0.0487. The number of rotatable bonds is 6. The molecule has 0 saturated carbocycles. The second-order valence-corrected chi connectivity index (χ2v) is 7.65. The largest absolute Gasteiger partial charge is 0.461 e. The van der Waals surface area contributed by atoms with E-state index < -0.39 is 0 Å². The van der Waals surface area contributed by atoms with Crippen molar-refractivity contribution in [3.05, 3.63) is 57.3 Å². The summed E-state index contributed by atoms with van der Waals surface area (Å²) in [6, 6.07) is 9.05. The lowest BCUT2D eigenvalue weighted by atomic mass is 10.2. The SMILES string of the molecule is CCCn1c(SCc2nc(-c3ccco3)no2)nc2ccc(Br)cc2c1=O. The summed E-state index contributed by atoms with van der Waals surface area (Å²) < 4.78 is 13.1. The summed E-state index contributed by atoms with van der Waals surface area (Å²) in [5.74, 6) is 1.80. The van der Waals surface area contributed by atoms with Gasteiger partial charge in [-0.25, -0.2) is 4.98 Å². The molecule has 7 nitrogen and oxygen atoms in total. The van der Waals surface area contributed by atoms with Gasteiger partial charge in [0.1, 0.15) is 0 Å². The number of hydrogen-bond donors (Lipinski definition) is 0. The maximum absolute atomic E-state index is 12.9. The molecule has 0 unspecified atom stereocenters. The van der Waals surface area contributed by atoms with Crippen molar-refractivity contribution in [2.45, 2.75) is 30.8 Å². The predicted octanol–water partition coefficient (Wildman–Crippen LogP) is 4.50. The quantitative estimate of drug-likeness (QED) is 0.318. The number of thioether (sulfide) groups is 1. The summed E-state index contributed by atoms with van der Waals surface area (Å²) in [5.41, 5.74) is 0.618. The van der Waals surface area contributed by atoms with Crippen LogP contribution in [-0.4, -0.2) is 19.7 Å². The molecule has 3 aromatic heterocycles. The number of hydrogen-bond acceptors (Lipinski definition) is 7. The first-order chi connectivity index (χ1) is 13.2. The lowest BCUT2D eigenvalue weighted by Gasteiger charge is -2.11. The molecule has 0 spiro atoms. The molecule has 9 heteroatoms. The van der Waals surface area contributed by atoms with E-state index in [1.54, 1.807) is 29.0 Å². The molecule has 0 N–H and O–H groups in total. The fourth-order valence-electron chi connectivity index (χ4n) is 2.65. The molecule has 3 heterocycles. The molecule has 27 heavy (non-hydrogen) atoms. The normalized spacial score (nSPS) is 11.3. The molecule has 1 aromatic carbocycles. The summed E-state index contributed by atoms with van der Waals surface area (Å²) in [6.07, 6.45) is 2.39. The fraction of sp³-hybridized carbons (Fsp3) is 0.222. The molecular formula is C18H15BrN4O3S. The Hall–Kier alpha value is -2.39. The highest BCUT2D eigenvalue weighted by Crippen LogP contribution is 2.24. The number of fused-ring (bicyclic) bond motifs is 1. The number of furan rings is 1. The van der Waals surface area contributed by atoms with Crippen LogP contribution < -0.4 is 5.56 Å². The molecular weight excluding hydrogens is 432 g/mol. The van der Waals surface area contributed by atoms with Gasteiger partial charge in [0, 0.05) is 11.0 Å². The second kappa shape index (κ2) is 7.69. The zero-order chi connectivity index (χ0) is 18.8. The van der Waals surface area contributed by atoms with Crippen LogP contribution in [0.3, 0.4) is 0 Å². The van der Waals surface area contributed by atoms with Crippen molar-refractivity contribution in [2.24, 2.45) is 0 Å². The van der Waals surface area contributed by atoms with Crippen molar-refractivity contribution < 1.29 is 8.94 Å². The maximum atomic E-state index is 12.9. The number of benzene rings is 1. The third kappa shape index (κ3) is 3.70. The summed E-state index contributed by atoms with van der Waals surface area (Å²) in [6.45, 7) is 2.62. The average Bonchev–Trinajstić information content (AvgIpc) is 3.34. The van der Waals surface area contributed by atoms with E-state index in [-0.39, 0.29) is 5.56 Å². The van der Waals surface area contributed by atoms with E-state index in [1.807, 2.05) is 19.1 Å². The molecule has 0 bridgehead atoms. The van der Waals surface area contributed by atoms with Gasteiger partial charge in [0.15, 0.2) is 10.9 Å². The Balaban J connectivity index is 1.64. The van der Waals surface area contributed by atoms with Gasteiger partial charge in [-0.15, -0.1) is 0 Å². The molecule has 0 atom stereocenters. The van der Waals surface area contributed by atoms with E-state index >= 15 is 0 Å². The van der Waals surface area contributed by atoms with E-state index in [4.69, 9.17) is 8.94 Å². The first-order valence-electron chi connectivity index (χ1n) is 8.35. The van der Waals surface area contributed by atoms with Crippen molar-refractivity contribution in [2.75, 3.05) is 0 Å². The molecule has 4 aromatic rings. The summed E-state index contributed by atoms with van der Waals surface area (Å²) >= 11 is 4.81. The molecule has 4 rings (SSSR count). The Morgan fingerprint density at radius 2 is 2.15 bits per heavy atom. The van der Waals surface area contributed by atoms with Gasteiger partial charge in [0.2, 0.25) is 11.7 Å². The zero-order valence-electron chi connectivity index (χ0n) is 14.4. The number of nitrogens with zero attached hydrogens (tertiary/aromatic N) is 4. The Labute approximate surface area is 166 Å². The van der Waals surface area contributed by atoms with Crippen LogP contribution in [0.2, 0.25) is 0 Å². The average molecular weight is 447 g/mol. The number of halogens is 1. The predicted molar refractivity (Wildman–Crippen MR) is 106 cm³/mol. The summed E-state index contributed by atoms with van der Waals surface area (Å²) in [5, 5.41) is 5.15. The molecule has 0 aliphatic heterocycles. The maximum Gasteiger partial charge on any atom is 0.262 e. The van der Waals surface area contributed by atoms with Crippen molar-refractivity contribution in [3.63, 3.8) is 0 Å². The molecule has 0 aliphatic rings. The second-order valence-electron chi connectivity index (χ2n) is 5.79. The van der Waals surface area contributed by atoms with Gasteiger partial charge >= 0.3 is 0 Å². The van der Waals surface area contributed by atoms with Crippen molar-refractivity contribution in [1.29, 1.82) is 0 Å². The Kier molecular flexibility index (Phi) is 5.13. The third-order valence-electron chi connectivity index (χ3n) is 3.86. The molecule has 0 fully saturated rings. The van der Waals surface area contributed by atoms with E-state index in [1.165, 1.54) is 11.8 Å². The van der Waals surface area contributed by atoms with Crippen LogP contribution in [0, 0.1) is 0 Å². The minimum Gasteiger partial charge on any atom is -0.461 e. The highest BCUT2D eigenvalue weighted by molar-refractivity contribution is 9.10. The van der Waals surface area contributed by atoms with Gasteiger partial charge in [-0.3, -0.25) is 9.36 Å². The lowest BCUT2D eigenvalue weighted by Crippen LogP contribution is -2.23. The Bertz CT molecular complexity index is 1140. The van der Waals surface area contributed by atoms with Crippen LogP contribution in [0.1, 0.15) is 19.2 Å². The first-order valence-corrected chi connectivity index (χ1v) is 10.1. The molecule has 0 amide bonds.